The Morgan fingerprint density at radius 2 is 2.00 bits per heavy atom. The third-order valence-corrected chi connectivity index (χ3v) is 4.32. The second kappa shape index (κ2) is 6.39. The molecule has 0 aliphatic carbocycles. The number of nitrogens with two attached hydrogens (primary N) is 1. The van der Waals surface area contributed by atoms with E-state index in [4.69, 9.17) is 15.7 Å². The number of sulfonamides is 1. The summed E-state index contributed by atoms with van der Waals surface area (Å²) in [5.74, 6) is -0.126. The summed E-state index contributed by atoms with van der Waals surface area (Å²) in [6.45, 7) is 0.134. The summed E-state index contributed by atoms with van der Waals surface area (Å²) in [6.07, 6.45) is 0. The lowest BCUT2D eigenvalue weighted by Gasteiger charge is -2.19. The minimum Gasteiger partial charge on any atom is -0.409 e. The Kier molecular flexibility index (Phi) is 5.13. The Bertz CT molecular complexity index is 540. The summed E-state index contributed by atoms with van der Waals surface area (Å²) in [6, 6.07) is 6.31. The number of rotatable bonds is 6. The van der Waals surface area contributed by atoms with Crippen LogP contribution >= 0.6 is 0 Å². The topological polar surface area (TPSA) is 105 Å². The van der Waals surface area contributed by atoms with Crippen LogP contribution in [0.3, 0.4) is 0 Å². The average Bonchev–Trinajstić information content (AvgIpc) is 2.43. The van der Waals surface area contributed by atoms with Gasteiger partial charge in [0, 0.05) is 19.7 Å². The van der Waals surface area contributed by atoms with Gasteiger partial charge in [0.1, 0.15) is 0 Å². The first-order valence-electron chi connectivity index (χ1n) is 5.46. The Balaban J connectivity index is 2.92. The van der Waals surface area contributed by atoms with Gasteiger partial charge in [-0.1, -0.05) is 5.16 Å². The van der Waals surface area contributed by atoms with Crippen molar-refractivity contribution in [3.8, 4) is 0 Å². The second-order valence-electron chi connectivity index (χ2n) is 3.81. The van der Waals surface area contributed by atoms with Crippen molar-refractivity contribution in [2.45, 2.75) is 0 Å². The van der Waals surface area contributed by atoms with Crippen molar-refractivity contribution in [2.75, 3.05) is 30.8 Å². The van der Waals surface area contributed by atoms with E-state index in [1.807, 2.05) is 0 Å². The molecule has 106 valence electrons. The minimum absolute atomic E-state index is 0.0311. The van der Waals surface area contributed by atoms with Gasteiger partial charge >= 0.3 is 0 Å². The van der Waals surface area contributed by atoms with Gasteiger partial charge in [-0.05, 0) is 24.3 Å². The van der Waals surface area contributed by atoms with Crippen molar-refractivity contribution in [3.05, 3.63) is 29.8 Å². The highest BCUT2D eigenvalue weighted by Gasteiger charge is 2.18. The Morgan fingerprint density at radius 3 is 2.47 bits per heavy atom. The van der Waals surface area contributed by atoms with E-state index in [2.05, 4.69) is 5.16 Å². The molecule has 8 heteroatoms. The van der Waals surface area contributed by atoms with Crippen molar-refractivity contribution in [1.82, 2.24) is 0 Å². The zero-order valence-electron chi connectivity index (χ0n) is 10.8. The number of ether oxygens (including phenoxy) is 1. The molecule has 7 nitrogen and oxygen atoms in total. The first kappa shape index (κ1) is 15.3. The van der Waals surface area contributed by atoms with E-state index in [0.29, 0.717) is 11.3 Å². The zero-order chi connectivity index (χ0) is 14.5. The maximum atomic E-state index is 11.9. The third-order valence-electron chi connectivity index (χ3n) is 2.60. The Morgan fingerprint density at radius 1 is 1.42 bits per heavy atom. The van der Waals surface area contributed by atoms with Crippen molar-refractivity contribution in [1.29, 1.82) is 0 Å². The number of methoxy groups -OCH3 is 1. The van der Waals surface area contributed by atoms with Crippen LogP contribution in [-0.4, -0.2) is 46.0 Å². The highest BCUT2D eigenvalue weighted by atomic mass is 32.2. The molecule has 0 saturated heterocycles. The highest BCUT2D eigenvalue weighted by molar-refractivity contribution is 7.92. The molecule has 0 fully saturated rings. The molecule has 1 aromatic rings. The van der Waals surface area contributed by atoms with Gasteiger partial charge in [-0.15, -0.1) is 0 Å². The molecule has 1 rings (SSSR count). The summed E-state index contributed by atoms with van der Waals surface area (Å²) < 4.78 is 29.8. The maximum Gasteiger partial charge on any atom is 0.237 e. The number of oxime groups is 1. The van der Waals surface area contributed by atoms with Crippen molar-refractivity contribution >= 4 is 21.5 Å². The van der Waals surface area contributed by atoms with E-state index < -0.39 is 10.0 Å². The summed E-state index contributed by atoms with van der Waals surface area (Å²) in [4.78, 5) is 0. The smallest absolute Gasteiger partial charge is 0.237 e. The van der Waals surface area contributed by atoms with Gasteiger partial charge in [0.25, 0.3) is 0 Å². The molecule has 0 aromatic heterocycles. The predicted octanol–water partition coefficient (Wildman–Crippen LogP) is 0.194. The van der Waals surface area contributed by atoms with E-state index in [1.54, 1.807) is 24.3 Å². The van der Waals surface area contributed by atoms with Crippen molar-refractivity contribution in [2.24, 2.45) is 10.9 Å². The molecule has 0 saturated carbocycles. The molecular formula is C11H17N3O4S. The fourth-order valence-corrected chi connectivity index (χ4v) is 2.48. The van der Waals surface area contributed by atoms with Gasteiger partial charge in [-0.25, -0.2) is 8.42 Å². The fourth-order valence-electron chi connectivity index (χ4n) is 1.39. The summed E-state index contributed by atoms with van der Waals surface area (Å²) in [5.41, 5.74) is 6.42. The molecule has 0 amide bonds. The average molecular weight is 287 g/mol. The Labute approximate surface area is 112 Å². The summed E-state index contributed by atoms with van der Waals surface area (Å²) >= 11 is 0. The molecular weight excluding hydrogens is 270 g/mol. The SMILES string of the molecule is COCCS(=O)(=O)N(C)c1ccc(C(N)=NO)cc1. The lowest BCUT2D eigenvalue weighted by Crippen LogP contribution is -2.30. The van der Waals surface area contributed by atoms with Crippen LogP contribution in [0, 0.1) is 0 Å². The normalized spacial score (nSPS) is 12.4. The number of hydrogen-bond acceptors (Lipinski definition) is 5. The van der Waals surface area contributed by atoms with Crippen LogP contribution in [0.4, 0.5) is 5.69 Å². The third kappa shape index (κ3) is 3.83. The number of amidine groups is 1. The lowest BCUT2D eigenvalue weighted by atomic mass is 10.2. The van der Waals surface area contributed by atoms with E-state index in [9.17, 15) is 8.42 Å². The molecule has 1 aromatic carbocycles. The van der Waals surface area contributed by atoms with Gasteiger partial charge < -0.3 is 15.7 Å². The molecule has 0 atom stereocenters. The first-order chi connectivity index (χ1) is 8.92. The predicted molar refractivity (Wildman–Crippen MR) is 73.0 cm³/mol. The summed E-state index contributed by atoms with van der Waals surface area (Å²) in [7, 11) is -0.509. The molecule has 3 N–H and O–H groups in total. The number of anilines is 1. The number of nitrogens with zero attached hydrogens (tertiary/aromatic N) is 2. The highest BCUT2D eigenvalue weighted by Crippen LogP contribution is 2.17. The van der Waals surface area contributed by atoms with Crippen molar-refractivity contribution in [3.63, 3.8) is 0 Å². The van der Waals surface area contributed by atoms with Crippen molar-refractivity contribution < 1.29 is 18.4 Å². The van der Waals surface area contributed by atoms with E-state index >= 15 is 0 Å². The van der Waals surface area contributed by atoms with Crippen LogP contribution in [0.15, 0.2) is 29.4 Å². The van der Waals surface area contributed by atoms with Gasteiger partial charge in [0.2, 0.25) is 10.0 Å². The Hall–Kier alpha value is -1.80. The molecule has 0 radical (unpaired) electrons. The largest absolute Gasteiger partial charge is 0.409 e. The monoisotopic (exact) mass is 287 g/mol. The van der Waals surface area contributed by atoms with E-state index in [-0.39, 0.29) is 18.2 Å². The van der Waals surface area contributed by atoms with Crippen LogP contribution in [0.1, 0.15) is 5.56 Å². The number of hydrogen-bond donors (Lipinski definition) is 2. The zero-order valence-corrected chi connectivity index (χ0v) is 11.6. The lowest BCUT2D eigenvalue weighted by molar-refractivity contribution is 0.217. The molecule has 0 bridgehead atoms. The maximum absolute atomic E-state index is 11.9. The quantitative estimate of drug-likeness (QED) is 0.336. The van der Waals surface area contributed by atoms with Crippen LogP contribution in [-0.2, 0) is 14.8 Å². The van der Waals surface area contributed by atoms with Gasteiger partial charge in [-0.3, -0.25) is 4.31 Å². The molecule has 0 spiro atoms. The molecule has 0 aliphatic heterocycles. The minimum atomic E-state index is -3.42. The fraction of sp³-hybridized carbons (Fsp3) is 0.364. The second-order valence-corrected chi connectivity index (χ2v) is 5.93. The number of benzene rings is 1. The molecule has 0 aliphatic rings. The van der Waals surface area contributed by atoms with Crippen LogP contribution < -0.4 is 10.0 Å². The van der Waals surface area contributed by atoms with E-state index in [1.165, 1.54) is 18.5 Å². The van der Waals surface area contributed by atoms with Crippen LogP contribution in [0.25, 0.3) is 0 Å². The van der Waals surface area contributed by atoms with Gasteiger partial charge in [0.15, 0.2) is 5.84 Å². The molecule has 19 heavy (non-hydrogen) atoms. The molecule has 0 unspecified atom stereocenters. The first-order valence-corrected chi connectivity index (χ1v) is 7.07. The molecule has 0 heterocycles. The van der Waals surface area contributed by atoms with Crippen LogP contribution in [0.2, 0.25) is 0 Å². The summed E-state index contributed by atoms with van der Waals surface area (Å²) in [5, 5.41) is 11.4. The standard InChI is InChI=1S/C11H17N3O4S/c1-14(19(16,17)8-7-18-2)10-5-3-9(4-6-10)11(12)13-15/h3-6,15H,7-8H2,1-2H3,(H2,12,13). The van der Waals surface area contributed by atoms with Gasteiger partial charge in [-0.2, -0.15) is 0 Å². The van der Waals surface area contributed by atoms with Crippen LogP contribution in [0.5, 0.6) is 0 Å². The van der Waals surface area contributed by atoms with Gasteiger partial charge in [0.05, 0.1) is 18.0 Å². The van der Waals surface area contributed by atoms with E-state index in [0.717, 1.165) is 0 Å².